The highest BCUT2D eigenvalue weighted by atomic mass is 19.1. The number of methoxy groups -OCH3 is 1. The molecule has 0 saturated carbocycles. The highest BCUT2D eigenvalue weighted by Gasteiger charge is 2.31. The maximum Gasteiger partial charge on any atom is 0.168 e. The highest BCUT2D eigenvalue weighted by Crippen LogP contribution is 2.34. The van der Waals surface area contributed by atoms with E-state index in [4.69, 9.17) is 4.74 Å². The fraction of sp³-hybridized carbons (Fsp3) is 0.238. The molecule has 5 nitrogen and oxygen atoms in total. The van der Waals surface area contributed by atoms with E-state index in [1.54, 1.807) is 23.9 Å². The van der Waals surface area contributed by atoms with Gasteiger partial charge in [0.05, 0.1) is 24.1 Å². The molecule has 0 radical (unpaired) electrons. The van der Waals surface area contributed by atoms with Crippen molar-refractivity contribution in [2.45, 2.75) is 19.8 Å². The molecule has 27 heavy (non-hydrogen) atoms. The number of rotatable bonds is 4. The molecule has 0 saturated heterocycles. The summed E-state index contributed by atoms with van der Waals surface area (Å²) in [6.45, 7) is 2.05. The Morgan fingerprint density at radius 2 is 1.81 bits per heavy atom. The summed E-state index contributed by atoms with van der Waals surface area (Å²) in [5, 5.41) is 7.89. The molecule has 1 heterocycles. The second-order valence-corrected chi connectivity index (χ2v) is 6.85. The van der Waals surface area contributed by atoms with Crippen molar-refractivity contribution in [2.24, 2.45) is 5.92 Å². The van der Waals surface area contributed by atoms with Crippen LogP contribution < -0.4 is 10.1 Å². The molecule has 1 aliphatic carbocycles. The number of benzene rings is 2. The van der Waals surface area contributed by atoms with Gasteiger partial charge in [0.15, 0.2) is 11.6 Å². The van der Waals surface area contributed by atoms with E-state index in [1.807, 2.05) is 24.3 Å². The van der Waals surface area contributed by atoms with E-state index in [9.17, 15) is 9.18 Å². The minimum atomic E-state index is -0.305. The van der Waals surface area contributed by atoms with Crippen molar-refractivity contribution in [2.75, 3.05) is 12.4 Å². The summed E-state index contributed by atoms with van der Waals surface area (Å²) < 4.78 is 20.2. The van der Waals surface area contributed by atoms with Crippen LogP contribution in [0.5, 0.6) is 5.75 Å². The summed E-state index contributed by atoms with van der Waals surface area (Å²) in [7, 11) is 1.61. The fourth-order valence-electron chi connectivity index (χ4n) is 3.45. The van der Waals surface area contributed by atoms with Crippen LogP contribution in [0.2, 0.25) is 0 Å². The second-order valence-electron chi connectivity index (χ2n) is 6.85. The van der Waals surface area contributed by atoms with E-state index in [0.29, 0.717) is 17.8 Å². The van der Waals surface area contributed by atoms with Crippen LogP contribution in [0.4, 0.5) is 15.9 Å². The Morgan fingerprint density at radius 3 is 2.48 bits per heavy atom. The van der Waals surface area contributed by atoms with E-state index in [2.05, 4.69) is 17.3 Å². The Balaban J connectivity index is 1.78. The normalized spacial score (nSPS) is 16.1. The maximum atomic E-state index is 13.3. The Morgan fingerprint density at radius 1 is 1.11 bits per heavy atom. The number of ether oxygens (including phenoxy) is 1. The number of carbonyl (C=O) groups is 1. The Kier molecular flexibility index (Phi) is 4.39. The zero-order valence-corrected chi connectivity index (χ0v) is 15.2. The van der Waals surface area contributed by atoms with Crippen LogP contribution in [0.25, 0.3) is 5.69 Å². The number of ketones is 1. The van der Waals surface area contributed by atoms with Crippen molar-refractivity contribution in [3.8, 4) is 11.4 Å². The molecule has 0 spiro atoms. The maximum absolute atomic E-state index is 13.3. The molecule has 2 aromatic carbocycles. The second kappa shape index (κ2) is 6.87. The van der Waals surface area contributed by atoms with E-state index >= 15 is 0 Å². The van der Waals surface area contributed by atoms with Crippen molar-refractivity contribution < 1.29 is 13.9 Å². The minimum Gasteiger partial charge on any atom is -0.497 e. The molecule has 4 rings (SSSR count). The molecule has 138 valence electrons. The number of nitrogens with zero attached hydrogens (tertiary/aromatic N) is 2. The van der Waals surface area contributed by atoms with Gasteiger partial charge < -0.3 is 10.1 Å². The number of hydrogen-bond donors (Lipinski definition) is 1. The van der Waals surface area contributed by atoms with Crippen LogP contribution in [0.15, 0.2) is 48.5 Å². The van der Waals surface area contributed by atoms with Crippen LogP contribution in [0, 0.1) is 11.7 Å². The average Bonchev–Trinajstić information content (AvgIpc) is 3.01. The molecule has 0 fully saturated rings. The number of anilines is 2. The number of carbonyl (C=O) groups excluding carboxylic acids is 1. The Hall–Kier alpha value is -3.15. The Labute approximate surface area is 156 Å². The largest absolute Gasteiger partial charge is 0.497 e. The lowest BCUT2D eigenvalue weighted by molar-refractivity contribution is 0.0953. The van der Waals surface area contributed by atoms with Gasteiger partial charge in [0.2, 0.25) is 0 Å². The molecular weight excluding hydrogens is 345 g/mol. The average molecular weight is 365 g/mol. The molecule has 3 aromatic rings. The van der Waals surface area contributed by atoms with Crippen molar-refractivity contribution in [1.29, 1.82) is 0 Å². The lowest BCUT2D eigenvalue weighted by atomic mass is 9.87. The molecule has 0 bridgehead atoms. The number of fused-ring (bicyclic) bond motifs is 1. The number of nitrogens with one attached hydrogen (secondary N) is 1. The lowest BCUT2D eigenvalue weighted by Gasteiger charge is -2.19. The van der Waals surface area contributed by atoms with Crippen molar-refractivity contribution in [1.82, 2.24) is 9.78 Å². The van der Waals surface area contributed by atoms with Crippen LogP contribution >= 0.6 is 0 Å². The predicted octanol–water partition coefficient (Wildman–Crippen LogP) is 4.53. The predicted molar refractivity (Wildman–Crippen MR) is 102 cm³/mol. The molecular formula is C21H20FN3O2. The first-order valence-corrected chi connectivity index (χ1v) is 8.87. The topological polar surface area (TPSA) is 56.1 Å². The van der Waals surface area contributed by atoms with E-state index in [1.165, 1.54) is 12.1 Å². The van der Waals surface area contributed by atoms with Gasteiger partial charge in [-0.1, -0.05) is 6.92 Å². The minimum absolute atomic E-state index is 0.0770. The quantitative estimate of drug-likeness (QED) is 0.738. The summed E-state index contributed by atoms with van der Waals surface area (Å²) in [4.78, 5) is 12.7. The van der Waals surface area contributed by atoms with Gasteiger partial charge in [-0.15, -0.1) is 5.10 Å². The zero-order valence-electron chi connectivity index (χ0n) is 15.2. The van der Waals surface area contributed by atoms with Crippen LogP contribution in [-0.4, -0.2) is 22.7 Å². The summed E-state index contributed by atoms with van der Waals surface area (Å²) in [5.41, 5.74) is 3.03. The van der Waals surface area contributed by atoms with E-state index in [-0.39, 0.29) is 17.5 Å². The van der Waals surface area contributed by atoms with Crippen molar-refractivity contribution in [3.63, 3.8) is 0 Å². The third kappa shape index (κ3) is 3.30. The highest BCUT2D eigenvalue weighted by molar-refractivity contribution is 6.03. The molecule has 0 amide bonds. The number of halogens is 1. The van der Waals surface area contributed by atoms with Gasteiger partial charge in [-0.05, 0) is 60.9 Å². The van der Waals surface area contributed by atoms with Crippen molar-refractivity contribution >= 4 is 17.3 Å². The Bertz CT molecular complexity index is 978. The van der Waals surface area contributed by atoms with Gasteiger partial charge in [0.1, 0.15) is 11.6 Å². The van der Waals surface area contributed by atoms with Gasteiger partial charge >= 0.3 is 0 Å². The monoisotopic (exact) mass is 365 g/mol. The van der Waals surface area contributed by atoms with E-state index < -0.39 is 0 Å². The first-order valence-electron chi connectivity index (χ1n) is 8.87. The summed E-state index contributed by atoms with van der Waals surface area (Å²) in [6.07, 6.45) is 1.25. The SMILES string of the molecule is COc1ccc(Nc2nn(-c3ccc(F)cc3)c3c2C(=O)C[C@@H](C)C3)cc1. The third-order valence-corrected chi connectivity index (χ3v) is 4.76. The fourth-order valence-corrected chi connectivity index (χ4v) is 3.45. The van der Waals surface area contributed by atoms with Gasteiger partial charge in [-0.2, -0.15) is 0 Å². The summed E-state index contributed by atoms with van der Waals surface area (Å²) >= 11 is 0. The smallest absolute Gasteiger partial charge is 0.168 e. The van der Waals surface area contributed by atoms with Crippen LogP contribution in [-0.2, 0) is 6.42 Å². The molecule has 0 unspecified atom stereocenters. The number of hydrogen-bond acceptors (Lipinski definition) is 4. The van der Waals surface area contributed by atoms with Gasteiger partial charge in [-0.25, -0.2) is 9.07 Å². The van der Waals surface area contributed by atoms with Gasteiger partial charge in [0.25, 0.3) is 0 Å². The summed E-state index contributed by atoms with van der Waals surface area (Å²) in [6, 6.07) is 13.6. The third-order valence-electron chi connectivity index (χ3n) is 4.76. The molecule has 1 N–H and O–H groups in total. The van der Waals surface area contributed by atoms with Crippen LogP contribution in [0.1, 0.15) is 29.4 Å². The molecule has 1 aromatic heterocycles. The van der Waals surface area contributed by atoms with Crippen molar-refractivity contribution in [3.05, 3.63) is 65.6 Å². The molecule has 6 heteroatoms. The molecule has 1 aliphatic rings. The molecule has 1 atom stereocenters. The summed E-state index contributed by atoms with van der Waals surface area (Å²) in [5.74, 6) is 1.30. The lowest BCUT2D eigenvalue weighted by Crippen LogP contribution is -2.19. The van der Waals surface area contributed by atoms with E-state index in [0.717, 1.165) is 29.2 Å². The van der Waals surface area contributed by atoms with Gasteiger partial charge in [0, 0.05) is 12.1 Å². The standard InChI is InChI=1S/C21H20FN3O2/c1-13-11-18-20(19(26)12-13)21(23-15-5-9-17(27-2)10-6-15)24-25(18)16-7-3-14(22)4-8-16/h3-10,13H,11-12H2,1-2H3,(H,23,24)/t13-/m0/s1. The number of Topliss-reactive ketones (excluding diaryl/α,β-unsaturated/α-hetero) is 1. The number of aromatic nitrogens is 2. The zero-order chi connectivity index (χ0) is 19.0. The first-order chi connectivity index (χ1) is 13.0. The van der Waals surface area contributed by atoms with Gasteiger partial charge in [-0.3, -0.25) is 4.79 Å². The first kappa shape index (κ1) is 17.3. The molecule has 0 aliphatic heterocycles. The van der Waals surface area contributed by atoms with Crippen LogP contribution in [0.3, 0.4) is 0 Å².